The molecule has 102 valence electrons. The lowest BCUT2D eigenvalue weighted by Gasteiger charge is -2.07. The highest BCUT2D eigenvalue weighted by atomic mass is 79.9. The molecule has 1 aromatic carbocycles. The zero-order valence-corrected chi connectivity index (χ0v) is 12.6. The molecule has 6 heteroatoms. The Morgan fingerprint density at radius 1 is 1.50 bits per heavy atom. The van der Waals surface area contributed by atoms with E-state index in [0.717, 1.165) is 10.2 Å². The number of aromatic nitrogens is 2. The van der Waals surface area contributed by atoms with Gasteiger partial charge in [-0.25, -0.2) is 4.68 Å². The number of carboxylic acids is 1. The smallest absolute Gasteiger partial charge is 0.307 e. The van der Waals surface area contributed by atoms with Gasteiger partial charge in [0.1, 0.15) is 6.07 Å². The Morgan fingerprint density at radius 2 is 2.20 bits per heavy atom. The number of rotatable bonds is 3. The lowest BCUT2D eigenvalue weighted by molar-refractivity contribution is -0.136. The molecule has 0 atom stereocenters. The molecule has 20 heavy (non-hydrogen) atoms. The number of benzene rings is 1. The van der Waals surface area contributed by atoms with Gasteiger partial charge >= 0.3 is 5.97 Å². The van der Waals surface area contributed by atoms with Crippen LogP contribution in [0.2, 0.25) is 0 Å². The average Bonchev–Trinajstić information content (AvgIpc) is 2.66. The van der Waals surface area contributed by atoms with Crippen molar-refractivity contribution in [3.05, 3.63) is 45.2 Å². The first kappa shape index (κ1) is 14.3. The van der Waals surface area contributed by atoms with Gasteiger partial charge in [-0.3, -0.25) is 4.79 Å². The second kappa shape index (κ2) is 5.47. The van der Waals surface area contributed by atoms with Crippen LogP contribution in [0, 0.1) is 25.2 Å². The molecule has 0 saturated carbocycles. The molecule has 0 amide bonds. The van der Waals surface area contributed by atoms with Crippen LogP contribution in [-0.4, -0.2) is 20.9 Å². The molecule has 0 bridgehead atoms. The molecular weight excluding hydrogens is 322 g/mol. The highest BCUT2D eigenvalue weighted by Gasteiger charge is 2.17. The molecule has 2 rings (SSSR count). The van der Waals surface area contributed by atoms with Crippen LogP contribution in [0.25, 0.3) is 5.69 Å². The van der Waals surface area contributed by atoms with Crippen LogP contribution in [-0.2, 0) is 11.2 Å². The van der Waals surface area contributed by atoms with Crippen molar-refractivity contribution in [2.24, 2.45) is 0 Å². The Hall–Kier alpha value is -2.13. The zero-order valence-electron chi connectivity index (χ0n) is 11.0. The minimum absolute atomic E-state index is 0.0758. The van der Waals surface area contributed by atoms with E-state index in [4.69, 9.17) is 5.11 Å². The fourth-order valence-electron chi connectivity index (χ4n) is 2.09. The predicted octanol–water partition coefficient (Wildman–Crippen LogP) is 2.75. The molecular formula is C14H12BrN3O2. The first-order chi connectivity index (χ1) is 9.43. The predicted molar refractivity (Wildman–Crippen MR) is 76.8 cm³/mol. The molecule has 0 aliphatic rings. The van der Waals surface area contributed by atoms with Gasteiger partial charge in [0.05, 0.1) is 23.4 Å². The van der Waals surface area contributed by atoms with Gasteiger partial charge < -0.3 is 5.11 Å². The van der Waals surface area contributed by atoms with E-state index >= 15 is 0 Å². The van der Waals surface area contributed by atoms with Crippen molar-refractivity contribution in [2.45, 2.75) is 20.3 Å². The van der Waals surface area contributed by atoms with Crippen LogP contribution >= 0.6 is 15.9 Å². The van der Waals surface area contributed by atoms with Crippen LogP contribution in [0.5, 0.6) is 0 Å². The molecule has 0 unspecified atom stereocenters. The molecule has 1 heterocycles. The Labute approximate surface area is 124 Å². The van der Waals surface area contributed by atoms with Gasteiger partial charge in [0, 0.05) is 15.7 Å². The molecule has 0 radical (unpaired) electrons. The fraction of sp³-hybridized carbons (Fsp3) is 0.214. The summed E-state index contributed by atoms with van der Waals surface area (Å²) in [6, 6.07) is 7.40. The number of nitriles is 1. The van der Waals surface area contributed by atoms with Gasteiger partial charge in [-0.05, 0) is 32.0 Å². The molecule has 0 aliphatic carbocycles. The van der Waals surface area contributed by atoms with Gasteiger partial charge in [-0.1, -0.05) is 15.9 Å². The van der Waals surface area contributed by atoms with Crippen LogP contribution < -0.4 is 0 Å². The quantitative estimate of drug-likeness (QED) is 0.936. The van der Waals surface area contributed by atoms with Gasteiger partial charge in [-0.2, -0.15) is 10.4 Å². The van der Waals surface area contributed by atoms with E-state index in [9.17, 15) is 10.1 Å². The lowest BCUT2D eigenvalue weighted by atomic mass is 10.1. The molecule has 0 aliphatic heterocycles. The molecule has 1 aromatic heterocycles. The van der Waals surface area contributed by atoms with Crippen LogP contribution in [0.1, 0.15) is 22.5 Å². The lowest BCUT2D eigenvalue weighted by Crippen LogP contribution is -2.04. The Kier molecular flexibility index (Phi) is 3.91. The van der Waals surface area contributed by atoms with Crippen LogP contribution in [0.4, 0.5) is 0 Å². The zero-order chi connectivity index (χ0) is 14.9. The van der Waals surface area contributed by atoms with E-state index in [1.165, 1.54) is 0 Å². The van der Waals surface area contributed by atoms with E-state index in [2.05, 4.69) is 27.1 Å². The topological polar surface area (TPSA) is 78.9 Å². The van der Waals surface area contributed by atoms with Crippen molar-refractivity contribution in [3.8, 4) is 11.8 Å². The number of carboxylic acid groups (broad SMARTS) is 1. The maximum atomic E-state index is 10.9. The highest BCUT2D eigenvalue weighted by Crippen LogP contribution is 2.24. The minimum Gasteiger partial charge on any atom is -0.481 e. The number of aliphatic carboxylic acids is 1. The SMILES string of the molecule is Cc1nn(-c2cc(Br)ccc2C#N)c(C)c1CC(=O)O. The van der Waals surface area contributed by atoms with E-state index in [0.29, 0.717) is 22.5 Å². The summed E-state index contributed by atoms with van der Waals surface area (Å²) in [5.41, 5.74) is 3.20. The normalized spacial score (nSPS) is 10.3. The summed E-state index contributed by atoms with van der Waals surface area (Å²) in [6.45, 7) is 3.58. The van der Waals surface area contributed by atoms with Gasteiger partial charge in [-0.15, -0.1) is 0 Å². The fourth-order valence-corrected chi connectivity index (χ4v) is 2.44. The van der Waals surface area contributed by atoms with Crippen LogP contribution in [0.15, 0.2) is 22.7 Å². The molecule has 1 N–H and O–H groups in total. The van der Waals surface area contributed by atoms with Gasteiger partial charge in [0.15, 0.2) is 0 Å². The van der Waals surface area contributed by atoms with E-state index in [-0.39, 0.29) is 6.42 Å². The number of halogens is 1. The Morgan fingerprint density at radius 3 is 2.80 bits per heavy atom. The van der Waals surface area contributed by atoms with Crippen molar-refractivity contribution >= 4 is 21.9 Å². The molecule has 5 nitrogen and oxygen atoms in total. The molecule has 0 saturated heterocycles. The highest BCUT2D eigenvalue weighted by molar-refractivity contribution is 9.10. The summed E-state index contributed by atoms with van der Waals surface area (Å²) in [5, 5.41) is 22.5. The van der Waals surface area contributed by atoms with E-state index in [1.807, 2.05) is 0 Å². The summed E-state index contributed by atoms with van der Waals surface area (Å²) >= 11 is 3.37. The number of carbonyl (C=O) groups is 1. The maximum Gasteiger partial charge on any atom is 0.307 e. The summed E-state index contributed by atoms with van der Waals surface area (Å²) in [4.78, 5) is 10.9. The molecule has 0 fully saturated rings. The number of nitrogens with zero attached hydrogens (tertiary/aromatic N) is 3. The van der Waals surface area contributed by atoms with Gasteiger partial charge in [0.2, 0.25) is 0 Å². The standard InChI is InChI=1S/C14H12BrN3O2/c1-8-12(6-14(19)20)9(2)18(17-8)13-5-11(15)4-3-10(13)7-16/h3-5H,6H2,1-2H3,(H,19,20). The maximum absolute atomic E-state index is 10.9. The summed E-state index contributed by atoms with van der Waals surface area (Å²) in [6.07, 6.45) is -0.0758. The van der Waals surface area contributed by atoms with E-state index in [1.54, 1.807) is 36.7 Å². The van der Waals surface area contributed by atoms with Crippen molar-refractivity contribution in [1.82, 2.24) is 9.78 Å². The largest absolute Gasteiger partial charge is 0.481 e. The van der Waals surface area contributed by atoms with Crippen molar-refractivity contribution in [3.63, 3.8) is 0 Å². The summed E-state index contributed by atoms with van der Waals surface area (Å²) < 4.78 is 2.45. The molecule has 2 aromatic rings. The number of hydrogen-bond acceptors (Lipinski definition) is 3. The summed E-state index contributed by atoms with van der Waals surface area (Å²) in [5.74, 6) is -0.898. The van der Waals surface area contributed by atoms with E-state index < -0.39 is 5.97 Å². The minimum atomic E-state index is -0.898. The average molecular weight is 334 g/mol. The number of hydrogen-bond donors (Lipinski definition) is 1. The van der Waals surface area contributed by atoms with Crippen molar-refractivity contribution < 1.29 is 9.90 Å². The third kappa shape index (κ3) is 2.58. The van der Waals surface area contributed by atoms with Gasteiger partial charge in [0.25, 0.3) is 0 Å². The third-order valence-corrected chi connectivity index (χ3v) is 3.57. The molecule has 0 spiro atoms. The Balaban J connectivity index is 2.63. The van der Waals surface area contributed by atoms with Crippen molar-refractivity contribution in [2.75, 3.05) is 0 Å². The second-order valence-corrected chi connectivity index (χ2v) is 5.32. The second-order valence-electron chi connectivity index (χ2n) is 4.40. The third-order valence-electron chi connectivity index (χ3n) is 3.08. The Bertz CT molecular complexity index is 729. The van der Waals surface area contributed by atoms with Crippen molar-refractivity contribution in [1.29, 1.82) is 5.26 Å². The van der Waals surface area contributed by atoms with Crippen LogP contribution in [0.3, 0.4) is 0 Å². The first-order valence-corrected chi connectivity index (χ1v) is 6.70. The summed E-state index contributed by atoms with van der Waals surface area (Å²) in [7, 11) is 0. The monoisotopic (exact) mass is 333 g/mol. The first-order valence-electron chi connectivity index (χ1n) is 5.91. The number of aryl methyl sites for hydroxylation is 1.